The van der Waals surface area contributed by atoms with E-state index in [4.69, 9.17) is 0 Å². The molecule has 0 unspecified atom stereocenters. The van der Waals surface area contributed by atoms with Crippen LogP contribution >= 0.6 is 0 Å². The lowest BCUT2D eigenvalue weighted by Crippen LogP contribution is -2.37. The number of nitrogens with zero attached hydrogens (tertiary/aromatic N) is 3. The zero-order chi connectivity index (χ0) is 22.1. The molecule has 2 N–H and O–H groups in total. The van der Waals surface area contributed by atoms with Gasteiger partial charge in [0.2, 0.25) is 5.82 Å². The molecule has 14 heteroatoms. The highest BCUT2D eigenvalue weighted by Gasteiger charge is 2.38. The Hall–Kier alpha value is -3.45. The number of alkyl halides is 6. The summed E-state index contributed by atoms with van der Waals surface area (Å²) in [4.78, 5) is 30.3. The third-order valence-electron chi connectivity index (χ3n) is 3.82. The SMILES string of the molecule is O=c1c(NCCC(F)(F)F)c(NCc2ccc(-c3noc(C(F)(F)F)n3)cn2)c1=O. The Morgan fingerprint density at radius 2 is 1.63 bits per heavy atom. The fraction of sp³-hybridized carbons (Fsp3) is 0.312. The Bertz CT molecular complexity index is 1100. The molecule has 2 aromatic heterocycles. The highest BCUT2D eigenvalue weighted by Crippen LogP contribution is 2.29. The lowest BCUT2D eigenvalue weighted by Gasteiger charge is -2.15. The number of halogens is 6. The van der Waals surface area contributed by atoms with Gasteiger partial charge < -0.3 is 15.2 Å². The van der Waals surface area contributed by atoms with Crippen LogP contribution < -0.4 is 21.5 Å². The molecule has 0 fully saturated rings. The van der Waals surface area contributed by atoms with E-state index in [9.17, 15) is 35.9 Å². The van der Waals surface area contributed by atoms with Crippen LogP contribution in [-0.2, 0) is 12.7 Å². The van der Waals surface area contributed by atoms with Crippen molar-refractivity contribution in [1.29, 1.82) is 0 Å². The van der Waals surface area contributed by atoms with Gasteiger partial charge in [-0.15, -0.1) is 0 Å². The molecule has 0 aliphatic heterocycles. The summed E-state index contributed by atoms with van der Waals surface area (Å²) in [5.74, 6) is -1.83. The number of rotatable bonds is 7. The van der Waals surface area contributed by atoms with Gasteiger partial charge in [-0.05, 0) is 12.1 Å². The number of nitrogens with one attached hydrogen (secondary N) is 2. The van der Waals surface area contributed by atoms with Gasteiger partial charge in [0.1, 0.15) is 11.4 Å². The summed E-state index contributed by atoms with van der Waals surface area (Å²) in [5, 5.41) is 8.09. The van der Waals surface area contributed by atoms with Crippen molar-refractivity contribution in [2.45, 2.75) is 25.3 Å². The summed E-state index contributed by atoms with van der Waals surface area (Å²) in [7, 11) is 0. The Morgan fingerprint density at radius 3 is 2.17 bits per heavy atom. The van der Waals surface area contributed by atoms with Crippen LogP contribution in [0.5, 0.6) is 0 Å². The molecule has 0 radical (unpaired) electrons. The highest BCUT2D eigenvalue weighted by molar-refractivity contribution is 5.73. The van der Waals surface area contributed by atoms with Gasteiger partial charge in [0.15, 0.2) is 0 Å². The van der Waals surface area contributed by atoms with E-state index < -0.39 is 42.1 Å². The van der Waals surface area contributed by atoms with Crippen molar-refractivity contribution in [1.82, 2.24) is 15.1 Å². The van der Waals surface area contributed by atoms with Crippen molar-refractivity contribution in [3.8, 4) is 11.4 Å². The molecule has 8 nitrogen and oxygen atoms in total. The quantitative estimate of drug-likeness (QED) is 0.431. The van der Waals surface area contributed by atoms with Gasteiger partial charge >= 0.3 is 18.2 Å². The normalized spacial score (nSPS) is 12.3. The van der Waals surface area contributed by atoms with Gasteiger partial charge in [0.25, 0.3) is 10.9 Å². The fourth-order valence-electron chi connectivity index (χ4n) is 2.35. The van der Waals surface area contributed by atoms with E-state index in [1.165, 1.54) is 18.3 Å². The molecule has 0 aliphatic rings. The van der Waals surface area contributed by atoms with Crippen molar-refractivity contribution in [2.75, 3.05) is 17.2 Å². The molecule has 2 heterocycles. The highest BCUT2D eigenvalue weighted by atomic mass is 19.4. The van der Waals surface area contributed by atoms with E-state index >= 15 is 0 Å². The zero-order valence-corrected chi connectivity index (χ0v) is 14.7. The number of hydrogen-bond donors (Lipinski definition) is 2. The fourth-order valence-corrected chi connectivity index (χ4v) is 2.35. The van der Waals surface area contributed by atoms with Crippen molar-refractivity contribution in [3.05, 3.63) is 50.4 Å². The van der Waals surface area contributed by atoms with Crippen LogP contribution in [0, 0.1) is 0 Å². The minimum Gasteiger partial charge on any atom is -0.380 e. The summed E-state index contributed by atoms with van der Waals surface area (Å²) in [5.41, 5.74) is -1.75. The van der Waals surface area contributed by atoms with E-state index in [1.807, 2.05) is 0 Å². The average molecular weight is 435 g/mol. The second-order valence-corrected chi connectivity index (χ2v) is 6.01. The first-order valence-electron chi connectivity index (χ1n) is 8.20. The number of anilines is 2. The molecule has 0 saturated heterocycles. The maximum Gasteiger partial charge on any atom is 0.471 e. The summed E-state index contributed by atoms with van der Waals surface area (Å²) in [6.45, 7) is -0.639. The van der Waals surface area contributed by atoms with E-state index in [-0.39, 0.29) is 29.3 Å². The van der Waals surface area contributed by atoms with Crippen LogP contribution in [0.3, 0.4) is 0 Å². The summed E-state index contributed by atoms with van der Waals surface area (Å²) in [6, 6.07) is 2.76. The maximum absolute atomic E-state index is 12.5. The van der Waals surface area contributed by atoms with Crippen LogP contribution in [0.4, 0.5) is 37.7 Å². The van der Waals surface area contributed by atoms with E-state index in [0.717, 1.165) is 0 Å². The van der Waals surface area contributed by atoms with E-state index in [2.05, 4.69) is 30.3 Å². The largest absolute Gasteiger partial charge is 0.471 e. The Morgan fingerprint density at radius 1 is 0.967 bits per heavy atom. The predicted molar refractivity (Wildman–Crippen MR) is 90.4 cm³/mol. The molecule has 160 valence electrons. The predicted octanol–water partition coefficient (Wildman–Crippen LogP) is 2.72. The average Bonchev–Trinajstić information content (AvgIpc) is 3.16. The third-order valence-corrected chi connectivity index (χ3v) is 3.82. The summed E-state index contributed by atoms with van der Waals surface area (Å²) >= 11 is 0. The van der Waals surface area contributed by atoms with E-state index in [1.54, 1.807) is 0 Å². The van der Waals surface area contributed by atoms with Gasteiger partial charge in [-0.25, -0.2) is 0 Å². The third kappa shape index (κ3) is 4.75. The molecular weight excluding hydrogens is 424 g/mol. The molecule has 0 spiro atoms. The first kappa shape index (κ1) is 21.3. The van der Waals surface area contributed by atoms with Crippen molar-refractivity contribution in [2.24, 2.45) is 0 Å². The number of pyridine rings is 1. The zero-order valence-electron chi connectivity index (χ0n) is 14.7. The van der Waals surface area contributed by atoms with Gasteiger partial charge in [0.05, 0.1) is 18.7 Å². The lowest BCUT2D eigenvalue weighted by atomic mass is 10.1. The first-order chi connectivity index (χ1) is 14.0. The number of aromatic nitrogens is 3. The Labute approximate surface area is 162 Å². The smallest absolute Gasteiger partial charge is 0.380 e. The van der Waals surface area contributed by atoms with Crippen LogP contribution in [0.2, 0.25) is 0 Å². The van der Waals surface area contributed by atoms with Crippen LogP contribution in [0.25, 0.3) is 11.4 Å². The molecule has 0 atom stereocenters. The first-order valence-corrected chi connectivity index (χ1v) is 8.20. The number of hydrogen-bond acceptors (Lipinski definition) is 8. The second kappa shape index (κ2) is 7.76. The van der Waals surface area contributed by atoms with Crippen LogP contribution in [0.15, 0.2) is 32.4 Å². The molecular formula is C16H11F6N5O3. The minimum absolute atomic E-state index is 0.0703. The Kier molecular flexibility index (Phi) is 5.50. The van der Waals surface area contributed by atoms with Gasteiger partial charge in [-0.3, -0.25) is 14.6 Å². The second-order valence-electron chi connectivity index (χ2n) is 6.01. The van der Waals surface area contributed by atoms with Gasteiger partial charge in [0, 0.05) is 18.3 Å². The van der Waals surface area contributed by atoms with Crippen molar-refractivity contribution >= 4 is 11.4 Å². The molecule has 0 amide bonds. The molecule has 30 heavy (non-hydrogen) atoms. The Balaban J connectivity index is 1.62. The van der Waals surface area contributed by atoms with Gasteiger partial charge in [-0.2, -0.15) is 31.3 Å². The summed E-state index contributed by atoms with van der Waals surface area (Å²) < 4.78 is 78.1. The molecule has 3 aromatic rings. The lowest BCUT2D eigenvalue weighted by molar-refractivity contribution is -0.159. The molecule has 3 rings (SSSR count). The topological polar surface area (TPSA) is 110 Å². The van der Waals surface area contributed by atoms with Crippen molar-refractivity contribution < 1.29 is 30.9 Å². The maximum atomic E-state index is 12.5. The molecule has 0 saturated carbocycles. The van der Waals surface area contributed by atoms with E-state index in [0.29, 0.717) is 5.69 Å². The monoisotopic (exact) mass is 435 g/mol. The van der Waals surface area contributed by atoms with Gasteiger partial charge in [-0.1, -0.05) is 5.16 Å². The summed E-state index contributed by atoms with van der Waals surface area (Å²) in [6.07, 6.45) is -9.20. The minimum atomic E-state index is -4.78. The molecule has 0 aliphatic carbocycles. The van der Waals surface area contributed by atoms with Crippen LogP contribution in [-0.4, -0.2) is 27.8 Å². The molecule has 0 bridgehead atoms. The van der Waals surface area contributed by atoms with Crippen molar-refractivity contribution in [3.63, 3.8) is 0 Å². The molecule has 1 aromatic carbocycles. The standard InChI is InChI=1S/C16H11F6N5O3/c17-15(18,19)3-4-23-9-10(12(29)11(9)28)25-6-8-2-1-7(5-24-8)13-26-14(30-27-13)16(20,21)22/h1-2,5,23,25H,3-4,6H2. The van der Waals surface area contributed by atoms with Crippen LogP contribution in [0.1, 0.15) is 18.0 Å².